The first-order valence-electron chi connectivity index (χ1n) is 9.10. The highest BCUT2D eigenvalue weighted by Crippen LogP contribution is 2.31. The first kappa shape index (κ1) is 19.6. The van der Waals surface area contributed by atoms with Crippen molar-refractivity contribution >= 4 is 11.8 Å². The normalized spacial score (nSPS) is 15.7. The van der Waals surface area contributed by atoms with E-state index in [0.717, 1.165) is 5.56 Å². The molecule has 1 saturated heterocycles. The number of nitrogens with one attached hydrogen (secondary N) is 1. The molecule has 0 spiro atoms. The van der Waals surface area contributed by atoms with Gasteiger partial charge in [0.15, 0.2) is 11.4 Å². The lowest BCUT2D eigenvalue weighted by Crippen LogP contribution is -2.21. The number of nitrogens with zero attached hydrogens (tertiary/aromatic N) is 3. The molecule has 3 rings (SSSR count). The van der Waals surface area contributed by atoms with Gasteiger partial charge in [0.25, 0.3) is 0 Å². The zero-order valence-corrected chi connectivity index (χ0v) is 16.1. The second-order valence-corrected chi connectivity index (χ2v) is 6.24. The van der Waals surface area contributed by atoms with Crippen LogP contribution in [0, 0.1) is 18.3 Å². The molecule has 1 N–H and O–H groups in total. The third-order valence-electron chi connectivity index (χ3n) is 4.45. The number of anilines is 1. The fraction of sp³-hybridized carbons (Fsp3) is 0.400. The van der Waals surface area contributed by atoms with Gasteiger partial charge in [0, 0.05) is 19.0 Å². The van der Waals surface area contributed by atoms with Crippen LogP contribution >= 0.6 is 0 Å². The summed E-state index contributed by atoms with van der Waals surface area (Å²) in [6.07, 6.45) is 0.506. The summed E-state index contributed by atoms with van der Waals surface area (Å²) in [6, 6.07) is 7.50. The molecule has 0 amide bonds. The van der Waals surface area contributed by atoms with Crippen LogP contribution in [0.25, 0.3) is 11.4 Å². The van der Waals surface area contributed by atoms with E-state index in [9.17, 15) is 10.1 Å². The topological polar surface area (TPSA) is 106 Å². The predicted molar refractivity (Wildman–Crippen MR) is 102 cm³/mol. The molecular weight excluding hydrogens is 360 g/mol. The number of carbonyl (C=O) groups is 1. The Kier molecular flexibility index (Phi) is 6.06. The Hall–Kier alpha value is -3.18. The molecule has 146 valence electrons. The standard InChI is InChI=1S/C20H22N4O4/c1-4-27-20(25)16-18(22-3)23-17(15-7-5-6-13(10-21)12(15)2)24-19(16)28-14-8-9-26-11-14/h5-7,14H,4,8-9,11H2,1-3H3,(H,22,23,24). The van der Waals surface area contributed by atoms with Crippen molar-refractivity contribution in [1.29, 1.82) is 5.26 Å². The van der Waals surface area contributed by atoms with Crippen molar-refractivity contribution in [3.05, 3.63) is 34.9 Å². The monoisotopic (exact) mass is 382 g/mol. The summed E-state index contributed by atoms with van der Waals surface area (Å²) < 4.78 is 16.5. The largest absolute Gasteiger partial charge is 0.471 e. The van der Waals surface area contributed by atoms with E-state index in [0.29, 0.717) is 42.4 Å². The van der Waals surface area contributed by atoms with Gasteiger partial charge < -0.3 is 19.5 Å². The lowest BCUT2D eigenvalue weighted by Gasteiger charge is -2.18. The molecule has 1 aromatic heterocycles. The van der Waals surface area contributed by atoms with Gasteiger partial charge in [-0.2, -0.15) is 10.2 Å². The predicted octanol–water partition coefficient (Wildman–Crippen LogP) is 2.71. The smallest absolute Gasteiger partial charge is 0.347 e. The Morgan fingerprint density at radius 2 is 2.25 bits per heavy atom. The van der Waals surface area contributed by atoms with Crippen molar-refractivity contribution in [2.24, 2.45) is 0 Å². The van der Waals surface area contributed by atoms with Gasteiger partial charge in [-0.15, -0.1) is 0 Å². The molecule has 2 heterocycles. The fourth-order valence-corrected chi connectivity index (χ4v) is 2.98. The van der Waals surface area contributed by atoms with Crippen LogP contribution in [0.15, 0.2) is 18.2 Å². The van der Waals surface area contributed by atoms with Crippen LogP contribution in [0.2, 0.25) is 0 Å². The van der Waals surface area contributed by atoms with Gasteiger partial charge in [0.05, 0.1) is 31.5 Å². The Labute approximate surface area is 163 Å². The van der Waals surface area contributed by atoms with Gasteiger partial charge in [0.2, 0.25) is 5.88 Å². The van der Waals surface area contributed by atoms with E-state index in [2.05, 4.69) is 21.4 Å². The maximum absolute atomic E-state index is 12.5. The SMILES string of the molecule is CCOC(=O)c1c(NC)nc(-c2cccc(C#N)c2C)nc1OC1CCOC1. The summed E-state index contributed by atoms with van der Waals surface area (Å²) in [6.45, 7) is 4.81. The number of hydrogen-bond acceptors (Lipinski definition) is 8. The van der Waals surface area contributed by atoms with E-state index >= 15 is 0 Å². The number of aromatic nitrogens is 2. The average Bonchev–Trinajstić information content (AvgIpc) is 3.20. The van der Waals surface area contributed by atoms with Crippen molar-refractivity contribution < 1.29 is 19.0 Å². The van der Waals surface area contributed by atoms with E-state index in [-0.39, 0.29) is 24.2 Å². The van der Waals surface area contributed by atoms with Crippen molar-refractivity contribution in [2.45, 2.75) is 26.4 Å². The van der Waals surface area contributed by atoms with Crippen molar-refractivity contribution in [2.75, 3.05) is 32.2 Å². The summed E-state index contributed by atoms with van der Waals surface area (Å²) in [7, 11) is 1.66. The average molecular weight is 382 g/mol. The summed E-state index contributed by atoms with van der Waals surface area (Å²) >= 11 is 0. The van der Waals surface area contributed by atoms with E-state index < -0.39 is 5.97 Å². The van der Waals surface area contributed by atoms with E-state index in [1.54, 1.807) is 26.1 Å². The lowest BCUT2D eigenvalue weighted by atomic mass is 10.0. The second-order valence-electron chi connectivity index (χ2n) is 6.24. The summed E-state index contributed by atoms with van der Waals surface area (Å²) in [5.74, 6) is 0.250. The molecule has 0 radical (unpaired) electrons. The summed E-state index contributed by atoms with van der Waals surface area (Å²) in [5, 5.41) is 12.2. The van der Waals surface area contributed by atoms with Crippen molar-refractivity contribution in [1.82, 2.24) is 9.97 Å². The minimum absolute atomic E-state index is 0.144. The quantitative estimate of drug-likeness (QED) is 0.760. The van der Waals surface area contributed by atoms with Gasteiger partial charge >= 0.3 is 5.97 Å². The van der Waals surface area contributed by atoms with Gasteiger partial charge in [0.1, 0.15) is 11.9 Å². The zero-order chi connectivity index (χ0) is 20.1. The molecule has 1 unspecified atom stereocenters. The van der Waals surface area contributed by atoms with Crippen LogP contribution in [0.1, 0.15) is 34.8 Å². The molecule has 1 atom stereocenters. The number of hydrogen-bond donors (Lipinski definition) is 1. The molecule has 1 aliphatic rings. The summed E-state index contributed by atoms with van der Waals surface area (Å²) in [4.78, 5) is 21.5. The molecular formula is C20H22N4O4. The Balaban J connectivity index is 2.15. The second kappa shape index (κ2) is 8.67. The fourth-order valence-electron chi connectivity index (χ4n) is 2.98. The summed E-state index contributed by atoms with van der Waals surface area (Å²) in [5.41, 5.74) is 2.13. The minimum atomic E-state index is -0.560. The van der Waals surface area contributed by atoms with Crippen molar-refractivity contribution in [3.8, 4) is 23.3 Å². The molecule has 0 aliphatic carbocycles. The molecule has 1 fully saturated rings. The first-order chi connectivity index (χ1) is 13.6. The number of benzene rings is 1. The number of esters is 1. The third-order valence-corrected chi connectivity index (χ3v) is 4.45. The number of nitriles is 1. The zero-order valence-electron chi connectivity index (χ0n) is 16.1. The molecule has 1 aromatic carbocycles. The molecule has 2 aromatic rings. The number of ether oxygens (including phenoxy) is 3. The van der Waals surface area contributed by atoms with Gasteiger partial charge in [-0.25, -0.2) is 9.78 Å². The highest BCUT2D eigenvalue weighted by Gasteiger charge is 2.27. The van der Waals surface area contributed by atoms with Crippen LogP contribution < -0.4 is 10.1 Å². The Morgan fingerprint density at radius 1 is 1.43 bits per heavy atom. The van der Waals surface area contributed by atoms with Crippen molar-refractivity contribution in [3.63, 3.8) is 0 Å². The van der Waals surface area contributed by atoms with Crippen LogP contribution in [-0.4, -0.2) is 48.9 Å². The van der Waals surface area contributed by atoms with E-state index in [1.165, 1.54) is 0 Å². The highest BCUT2D eigenvalue weighted by molar-refractivity contribution is 5.97. The lowest BCUT2D eigenvalue weighted by molar-refractivity contribution is 0.0516. The maximum atomic E-state index is 12.5. The van der Waals surface area contributed by atoms with E-state index in [4.69, 9.17) is 14.2 Å². The van der Waals surface area contributed by atoms with Crippen LogP contribution in [0.5, 0.6) is 5.88 Å². The van der Waals surface area contributed by atoms with Crippen LogP contribution in [0.4, 0.5) is 5.82 Å². The Bertz CT molecular complexity index is 917. The van der Waals surface area contributed by atoms with Crippen LogP contribution in [-0.2, 0) is 9.47 Å². The minimum Gasteiger partial charge on any atom is -0.471 e. The molecule has 8 heteroatoms. The van der Waals surface area contributed by atoms with Gasteiger partial charge in [-0.1, -0.05) is 12.1 Å². The van der Waals surface area contributed by atoms with Gasteiger partial charge in [-0.3, -0.25) is 0 Å². The maximum Gasteiger partial charge on any atom is 0.347 e. The number of carbonyl (C=O) groups excluding carboxylic acids is 1. The van der Waals surface area contributed by atoms with Crippen LogP contribution in [0.3, 0.4) is 0 Å². The molecule has 1 aliphatic heterocycles. The molecule has 0 saturated carbocycles. The number of rotatable bonds is 6. The van der Waals surface area contributed by atoms with E-state index in [1.807, 2.05) is 13.0 Å². The third kappa shape index (κ3) is 3.89. The Morgan fingerprint density at radius 3 is 2.89 bits per heavy atom. The molecule has 0 bridgehead atoms. The first-order valence-corrected chi connectivity index (χ1v) is 9.10. The molecule has 28 heavy (non-hydrogen) atoms. The molecule has 8 nitrogen and oxygen atoms in total. The van der Waals surface area contributed by atoms with Gasteiger partial charge in [-0.05, 0) is 25.5 Å². The highest BCUT2D eigenvalue weighted by atomic mass is 16.6.